The van der Waals surface area contributed by atoms with Gasteiger partial charge in [0.05, 0.1) is 0 Å². The Hall–Kier alpha value is -1.16. The molecule has 2 aromatic rings. The Bertz CT molecular complexity index is 326. The minimum absolute atomic E-state index is 0. The molecule has 0 saturated carbocycles. The summed E-state index contributed by atoms with van der Waals surface area (Å²) in [6, 6.07) is 20.3. The summed E-state index contributed by atoms with van der Waals surface area (Å²) in [5.74, 6) is 0. The van der Waals surface area contributed by atoms with Gasteiger partial charge in [-0.15, -0.1) is 0 Å². The third-order valence-corrected chi connectivity index (χ3v) is 1.84. The molecule has 0 saturated heterocycles. The number of hydrogen-bond acceptors (Lipinski definition) is 1. The van der Waals surface area contributed by atoms with Crippen molar-refractivity contribution >= 4 is 11.4 Å². The second kappa shape index (κ2) is 5.54. The molecule has 0 spiro atoms. The predicted molar refractivity (Wildman–Crippen MR) is 57.3 cm³/mol. The Morgan fingerprint density at radius 1 is 0.643 bits per heavy atom. The number of para-hydroxylation sites is 2. The van der Waals surface area contributed by atoms with Crippen LogP contribution in [-0.2, 0) is 0 Å². The van der Waals surface area contributed by atoms with Crippen LogP contribution in [0.2, 0.25) is 0 Å². The molecular weight excluding hydrogens is 165 g/mol. The monoisotopic (exact) mass is 177 g/mol. The van der Waals surface area contributed by atoms with Crippen molar-refractivity contribution in [2.75, 3.05) is 5.32 Å². The molecule has 0 aromatic heterocycles. The van der Waals surface area contributed by atoms with E-state index >= 15 is 0 Å². The number of rotatable bonds is 2. The van der Waals surface area contributed by atoms with E-state index < -0.39 is 0 Å². The average Bonchev–Trinajstić information content (AvgIpc) is 2.21. The minimum Gasteiger partial charge on any atom is -1.00 e. The van der Waals surface area contributed by atoms with Gasteiger partial charge in [-0.1, -0.05) is 36.4 Å². The Kier molecular flexibility index (Phi) is 4.32. The van der Waals surface area contributed by atoms with Gasteiger partial charge in [-0.2, -0.15) is 0 Å². The predicted octanol–water partition coefficient (Wildman–Crippen LogP) is 0.547. The maximum Gasteiger partial charge on any atom is 1.00 e. The fraction of sp³-hybridized carbons (Fsp3) is 0. The van der Waals surface area contributed by atoms with Crippen molar-refractivity contribution in [1.29, 1.82) is 0 Å². The molecule has 0 heterocycles. The fourth-order valence-electron chi connectivity index (χ4n) is 1.21. The largest absolute Gasteiger partial charge is 1.00 e. The summed E-state index contributed by atoms with van der Waals surface area (Å²) in [6.45, 7) is 0. The van der Waals surface area contributed by atoms with Gasteiger partial charge in [0.15, 0.2) is 0 Å². The number of anilines is 2. The Labute approximate surface area is 97.8 Å². The first-order valence-corrected chi connectivity index (χ1v) is 4.32. The maximum absolute atomic E-state index is 3.30. The van der Waals surface area contributed by atoms with Crippen LogP contribution >= 0.6 is 0 Å². The smallest absolute Gasteiger partial charge is 1.00 e. The van der Waals surface area contributed by atoms with Crippen molar-refractivity contribution in [3.05, 3.63) is 60.7 Å². The van der Waals surface area contributed by atoms with E-state index in [0.29, 0.717) is 0 Å². The van der Waals surface area contributed by atoms with Gasteiger partial charge in [0, 0.05) is 11.4 Å². The van der Waals surface area contributed by atoms with Crippen LogP contribution in [0.15, 0.2) is 60.7 Å². The summed E-state index contributed by atoms with van der Waals surface area (Å²) in [6.07, 6.45) is 0. The van der Waals surface area contributed by atoms with Crippen LogP contribution in [-0.4, -0.2) is 0 Å². The molecule has 1 nitrogen and oxygen atoms in total. The maximum atomic E-state index is 3.30. The normalized spacial score (nSPS) is 8.86. The number of benzene rings is 2. The van der Waals surface area contributed by atoms with Crippen LogP contribution in [0.1, 0.15) is 1.43 Å². The molecular formula is C12H12LiN. The van der Waals surface area contributed by atoms with Crippen molar-refractivity contribution in [2.45, 2.75) is 0 Å². The molecule has 0 fully saturated rings. The molecule has 0 amide bonds. The van der Waals surface area contributed by atoms with E-state index in [1.54, 1.807) is 0 Å². The van der Waals surface area contributed by atoms with Crippen molar-refractivity contribution in [3.63, 3.8) is 0 Å². The van der Waals surface area contributed by atoms with Gasteiger partial charge >= 0.3 is 18.9 Å². The van der Waals surface area contributed by atoms with Crippen LogP contribution in [0.25, 0.3) is 0 Å². The van der Waals surface area contributed by atoms with E-state index in [9.17, 15) is 0 Å². The first-order valence-electron chi connectivity index (χ1n) is 4.32. The molecule has 1 N–H and O–H groups in total. The van der Waals surface area contributed by atoms with Crippen molar-refractivity contribution in [2.24, 2.45) is 0 Å². The van der Waals surface area contributed by atoms with E-state index in [1.165, 1.54) is 0 Å². The van der Waals surface area contributed by atoms with Crippen LogP contribution in [0.3, 0.4) is 0 Å². The third-order valence-electron chi connectivity index (χ3n) is 1.84. The zero-order valence-electron chi connectivity index (χ0n) is 9.27. The van der Waals surface area contributed by atoms with Gasteiger partial charge < -0.3 is 6.74 Å². The summed E-state index contributed by atoms with van der Waals surface area (Å²) >= 11 is 0. The minimum atomic E-state index is 0. The summed E-state index contributed by atoms with van der Waals surface area (Å²) in [5.41, 5.74) is 2.24. The first kappa shape index (κ1) is 10.9. The second-order valence-electron chi connectivity index (χ2n) is 2.86. The molecule has 66 valence electrons. The summed E-state index contributed by atoms with van der Waals surface area (Å²) in [7, 11) is 0. The van der Waals surface area contributed by atoms with Crippen molar-refractivity contribution in [3.8, 4) is 0 Å². The molecule has 0 aliphatic heterocycles. The van der Waals surface area contributed by atoms with E-state index in [4.69, 9.17) is 0 Å². The van der Waals surface area contributed by atoms with Gasteiger partial charge in [0.1, 0.15) is 0 Å². The fourth-order valence-corrected chi connectivity index (χ4v) is 1.21. The molecule has 0 radical (unpaired) electrons. The molecule has 2 rings (SSSR count). The van der Waals surface area contributed by atoms with Crippen molar-refractivity contribution < 1.29 is 20.3 Å². The molecule has 0 bridgehead atoms. The standard InChI is InChI=1S/C12H11N.Li.H/c1-3-7-11(8-4-1)13-12-9-5-2-6-10-12;;/h1-10,13H;;/q;+1;-1. The zero-order valence-corrected chi connectivity index (χ0v) is 8.27. The molecule has 0 unspecified atom stereocenters. The van der Waals surface area contributed by atoms with Gasteiger partial charge in [-0.3, -0.25) is 0 Å². The Morgan fingerprint density at radius 3 is 1.36 bits per heavy atom. The van der Waals surface area contributed by atoms with E-state index in [1.807, 2.05) is 60.7 Å². The summed E-state index contributed by atoms with van der Waals surface area (Å²) < 4.78 is 0. The third kappa shape index (κ3) is 2.96. The van der Waals surface area contributed by atoms with Gasteiger partial charge in [-0.05, 0) is 24.3 Å². The number of nitrogens with one attached hydrogen (secondary N) is 1. The van der Waals surface area contributed by atoms with E-state index in [2.05, 4.69) is 5.32 Å². The Morgan fingerprint density at radius 2 is 1.00 bits per heavy atom. The quantitative estimate of drug-likeness (QED) is 0.660. The van der Waals surface area contributed by atoms with E-state index in [0.717, 1.165) is 11.4 Å². The van der Waals surface area contributed by atoms with Crippen LogP contribution in [0.4, 0.5) is 11.4 Å². The molecule has 2 heteroatoms. The number of hydrogen-bond donors (Lipinski definition) is 1. The first-order chi connectivity index (χ1) is 6.45. The van der Waals surface area contributed by atoms with E-state index in [-0.39, 0.29) is 20.3 Å². The van der Waals surface area contributed by atoms with Crippen LogP contribution in [0.5, 0.6) is 0 Å². The van der Waals surface area contributed by atoms with Gasteiger partial charge in [-0.25, -0.2) is 0 Å². The van der Waals surface area contributed by atoms with Crippen molar-refractivity contribution in [1.82, 2.24) is 0 Å². The van der Waals surface area contributed by atoms with Gasteiger partial charge in [0.2, 0.25) is 0 Å². The molecule has 0 atom stereocenters. The van der Waals surface area contributed by atoms with Gasteiger partial charge in [0.25, 0.3) is 0 Å². The SMILES string of the molecule is [H-].[Li+].c1ccc(Nc2ccccc2)cc1. The average molecular weight is 177 g/mol. The summed E-state index contributed by atoms with van der Waals surface area (Å²) in [5, 5.41) is 3.30. The topological polar surface area (TPSA) is 12.0 Å². The molecule has 14 heavy (non-hydrogen) atoms. The Balaban J connectivity index is 0.000000980. The zero-order chi connectivity index (χ0) is 8.93. The molecule has 2 aromatic carbocycles. The summed E-state index contributed by atoms with van der Waals surface area (Å²) in [4.78, 5) is 0. The molecule has 0 aliphatic carbocycles. The second-order valence-corrected chi connectivity index (χ2v) is 2.86. The van der Waals surface area contributed by atoms with Crippen LogP contribution in [0, 0.1) is 0 Å². The van der Waals surface area contributed by atoms with Crippen LogP contribution < -0.4 is 24.2 Å². The molecule has 0 aliphatic rings.